The van der Waals surface area contributed by atoms with E-state index in [-0.39, 0.29) is 0 Å². The molecule has 0 amide bonds. The summed E-state index contributed by atoms with van der Waals surface area (Å²) in [5, 5.41) is 0. The fourth-order valence-electron chi connectivity index (χ4n) is 0.740. The molecule has 0 N–H and O–H groups in total. The van der Waals surface area contributed by atoms with Crippen molar-refractivity contribution in [1.82, 2.24) is 9.97 Å². The zero-order valence-corrected chi connectivity index (χ0v) is 8.20. The first-order valence-electron chi connectivity index (χ1n) is 4.25. The summed E-state index contributed by atoms with van der Waals surface area (Å²) in [6.07, 6.45) is 7.30. The molecular formula is C10H16N2. The van der Waals surface area contributed by atoms with Gasteiger partial charge in [0.25, 0.3) is 0 Å². The summed E-state index contributed by atoms with van der Waals surface area (Å²) < 4.78 is 0. The van der Waals surface area contributed by atoms with E-state index in [1.54, 1.807) is 12.4 Å². The molecule has 2 heteroatoms. The van der Waals surface area contributed by atoms with Crippen molar-refractivity contribution in [3.8, 4) is 0 Å². The third-order valence-electron chi connectivity index (χ3n) is 1.24. The molecule has 0 radical (unpaired) electrons. The molecule has 0 unspecified atom stereocenters. The van der Waals surface area contributed by atoms with E-state index < -0.39 is 0 Å². The first kappa shape index (κ1) is 10.8. The molecule has 1 heterocycles. The van der Waals surface area contributed by atoms with Crippen LogP contribution in [0.4, 0.5) is 0 Å². The lowest BCUT2D eigenvalue weighted by Gasteiger charge is -1.94. The summed E-state index contributed by atoms with van der Waals surface area (Å²) in [7, 11) is 0. The Kier molecular flexibility index (Phi) is 5.88. The molecule has 0 aliphatic rings. The number of aromatic nitrogens is 2. The largest absolute Gasteiger partial charge is 0.258 e. The fraction of sp³-hybridized carbons (Fsp3) is 0.400. The van der Waals surface area contributed by atoms with Crippen molar-refractivity contribution in [3.63, 3.8) is 0 Å². The molecule has 1 aromatic heterocycles. The first-order chi connectivity index (χ1) is 5.84. The number of rotatable bonds is 1. The normalized spacial score (nSPS) is 9.33. The van der Waals surface area contributed by atoms with Crippen LogP contribution in [-0.4, -0.2) is 9.97 Å². The topological polar surface area (TPSA) is 25.8 Å². The zero-order chi connectivity index (χ0) is 9.40. The highest BCUT2D eigenvalue weighted by molar-refractivity contribution is 5.45. The second kappa shape index (κ2) is 6.53. The van der Waals surface area contributed by atoms with Crippen LogP contribution in [0.2, 0.25) is 0 Å². The second-order valence-corrected chi connectivity index (χ2v) is 2.03. The van der Waals surface area contributed by atoms with Gasteiger partial charge in [-0.25, -0.2) is 0 Å². The first-order valence-corrected chi connectivity index (χ1v) is 4.25. The summed E-state index contributed by atoms with van der Waals surface area (Å²) in [6.45, 7) is 7.91. The SMILES string of the molecule is C/C=C\c1nccnc1C.CC. The number of allylic oxidation sites excluding steroid dienone is 1. The second-order valence-electron chi connectivity index (χ2n) is 2.03. The van der Waals surface area contributed by atoms with Crippen LogP contribution in [0.25, 0.3) is 6.08 Å². The molecular weight excluding hydrogens is 148 g/mol. The summed E-state index contributed by atoms with van der Waals surface area (Å²) in [4.78, 5) is 8.20. The van der Waals surface area contributed by atoms with E-state index in [0.29, 0.717) is 0 Å². The maximum atomic E-state index is 4.12. The highest BCUT2D eigenvalue weighted by atomic mass is 14.8. The average molecular weight is 164 g/mol. The Morgan fingerprint density at radius 1 is 1.17 bits per heavy atom. The van der Waals surface area contributed by atoms with Gasteiger partial charge in [0.15, 0.2) is 0 Å². The van der Waals surface area contributed by atoms with Crippen LogP contribution in [0.5, 0.6) is 0 Å². The number of hydrogen-bond donors (Lipinski definition) is 0. The average Bonchev–Trinajstić information content (AvgIpc) is 2.13. The smallest absolute Gasteiger partial charge is 0.0838 e. The molecule has 12 heavy (non-hydrogen) atoms. The quantitative estimate of drug-likeness (QED) is 0.637. The Morgan fingerprint density at radius 3 is 2.25 bits per heavy atom. The molecule has 0 aliphatic heterocycles. The molecule has 2 nitrogen and oxygen atoms in total. The van der Waals surface area contributed by atoms with Crippen molar-refractivity contribution in [1.29, 1.82) is 0 Å². The van der Waals surface area contributed by atoms with E-state index in [1.165, 1.54) is 0 Å². The molecule has 0 saturated heterocycles. The minimum Gasteiger partial charge on any atom is -0.258 e. The fourth-order valence-corrected chi connectivity index (χ4v) is 0.740. The van der Waals surface area contributed by atoms with Gasteiger partial charge in [-0.2, -0.15) is 0 Å². The highest BCUT2D eigenvalue weighted by Gasteiger charge is 1.91. The minimum absolute atomic E-state index is 0.949. The van der Waals surface area contributed by atoms with Gasteiger partial charge in [0.1, 0.15) is 0 Å². The van der Waals surface area contributed by atoms with Gasteiger partial charge in [-0.15, -0.1) is 0 Å². The Labute approximate surface area is 74.4 Å². The molecule has 0 spiro atoms. The zero-order valence-electron chi connectivity index (χ0n) is 8.20. The lowest BCUT2D eigenvalue weighted by molar-refractivity contribution is 1.10. The third-order valence-corrected chi connectivity index (χ3v) is 1.24. The summed E-state index contributed by atoms with van der Waals surface area (Å²) in [5.41, 5.74) is 1.92. The van der Waals surface area contributed by atoms with Gasteiger partial charge in [0.2, 0.25) is 0 Å². The molecule has 1 aromatic rings. The Balaban J connectivity index is 0.000000561. The van der Waals surface area contributed by atoms with Crippen molar-refractivity contribution in [3.05, 3.63) is 29.9 Å². The predicted octanol–water partition coefficient (Wildman–Crippen LogP) is 2.84. The molecule has 66 valence electrons. The molecule has 0 aliphatic carbocycles. The molecule has 1 rings (SSSR count). The van der Waals surface area contributed by atoms with E-state index in [4.69, 9.17) is 0 Å². The maximum absolute atomic E-state index is 4.12. The van der Waals surface area contributed by atoms with Crippen LogP contribution in [0.3, 0.4) is 0 Å². The Bertz CT molecular complexity index is 241. The van der Waals surface area contributed by atoms with Crippen LogP contribution < -0.4 is 0 Å². The monoisotopic (exact) mass is 164 g/mol. The van der Waals surface area contributed by atoms with Gasteiger partial charge < -0.3 is 0 Å². The van der Waals surface area contributed by atoms with Crippen LogP contribution in [0.1, 0.15) is 32.2 Å². The predicted molar refractivity (Wildman–Crippen MR) is 52.8 cm³/mol. The number of nitrogens with zero attached hydrogens (tertiary/aromatic N) is 2. The third kappa shape index (κ3) is 3.28. The van der Waals surface area contributed by atoms with Gasteiger partial charge in [-0.05, 0) is 19.9 Å². The van der Waals surface area contributed by atoms with Gasteiger partial charge in [0.05, 0.1) is 11.4 Å². The van der Waals surface area contributed by atoms with Crippen LogP contribution in [-0.2, 0) is 0 Å². The van der Waals surface area contributed by atoms with E-state index in [0.717, 1.165) is 11.4 Å². The molecule has 0 saturated carbocycles. The van der Waals surface area contributed by atoms with E-state index in [1.807, 2.05) is 39.8 Å². The van der Waals surface area contributed by atoms with Crippen LogP contribution in [0.15, 0.2) is 18.5 Å². The van der Waals surface area contributed by atoms with Crippen LogP contribution in [0, 0.1) is 6.92 Å². The summed E-state index contributed by atoms with van der Waals surface area (Å²) >= 11 is 0. The van der Waals surface area contributed by atoms with Crippen molar-refractivity contribution in [2.45, 2.75) is 27.7 Å². The van der Waals surface area contributed by atoms with Crippen LogP contribution >= 0.6 is 0 Å². The van der Waals surface area contributed by atoms with E-state index in [2.05, 4.69) is 9.97 Å². The standard InChI is InChI=1S/C8H10N2.C2H6/c1-3-4-8-7(2)9-5-6-10-8;1-2/h3-6H,1-2H3;1-2H3/b4-3-;. The number of hydrogen-bond acceptors (Lipinski definition) is 2. The summed E-state index contributed by atoms with van der Waals surface area (Å²) in [6, 6.07) is 0. The molecule has 0 bridgehead atoms. The van der Waals surface area contributed by atoms with Gasteiger partial charge in [-0.3, -0.25) is 9.97 Å². The van der Waals surface area contributed by atoms with E-state index in [9.17, 15) is 0 Å². The van der Waals surface area contributed by atoms with E-state index >= 15 is 0 Å². The molecule has 0 atom stereocenters. The van der Waals surface area contributed by atoms with Crippen molar-refractivity contribution >= 4 is 6.08 Å². The minimum atomic E-state index is 0.949. The van der Waals surface area contributed by atoms with Crippen molar-refractivity contribution in [2.24, 2.45) is 0 Å². The molecule has 0 aromatic carbocycles. The number of aryl methyl sites for hydroxylation is 1. The molecule has 0 fully saturated rings. The lowest BCUT2D eigenvalue weighted by Crippen LogP contribution is -1.87. The highest BCUT2D eigenvalue weighted by Crippen LogP contribution is 2.00. The van der Waals surface area contributed by atoms with Gasteiger partial charge in [-0.1, -0.05) is 19.9 Å². The van der Waals surface area contributed by atoms with Crippen molar-refractivity contribution in [2.75, 3.05) is 0 Å². The van der Waals surface area contributed by atoms with Gasteiger partial charge >= 0.3 is 0 Å². The summed E-state index contributed by atoms with van der Waals surface area (Å²) in [5.74, 6) is 0. The lowest BCUT2D eigenvalue weighted by atomic mass is 10.3. The Hall–Kier alpha value is -1.18. The van der Waals surface area contributed by atoms with Crippen molar-refractivity contribution < 1.29 is 0 Å². The Morgan fingerprint density at radius 2 is 1.75 bits per heavy atom. The maximum Gasteiger partial charge on any atom is 0.0838 e. The van der Waals surface area contributed by atoms with Gasteiger partial charge in [0, 0.05) is 12.4 Å².